The molecule has 29 heavy (non-hydrogen) atoms. The van der Waals surface area contributed by atoms with Crippen molar-refractivity contribution in [1.29, 1.82) is 0 Å². The zero-order valence-electron chi connectivity index (χ0n) is 16.7. The molecule has 1 aliphatic heterocycles. The third-order valence-corrected chi connectivity index (χ3v) is 4.69. The molecule has 1 aliphatic rings. The summed E-state index contributed by atoms with van der Waals surface area (Å²) < 4.78 is 0.617. The standard InChI is InChI=1S/C21H21N5O3/c1-13-9-10-16(11-14(13)2)26-21(28)18(15(3)24-26)12-22-23-20(27)17-7-5-6-8-19(17)25(4)29/h5-12H,1-4H3,(H-,22,23,24,27,28,29)/p+1. The summed E-state index contributed by atoms with van der Waals surface area (Å²) in [6.07, 6.45) is 1.39. The van der Waals surface area contributed by atoms with Gasteiger partial charge in [0.1, 0.15) is 5.56 Å². The number of para-hydroxylation sites is 1. The van der Waals surface area contributed by atoms with E-state index in [1.807, 2.05) is 32.0 Å². The Morgan fingerprint density at radius 3 is 2.52 bits per heavy atom. The molecule has 1 heterocycles. The van der Waals surface area contributed by atoms with E-state index in [1.165, 1.54) is 18.3 Å². The summed E-state index contributed by atoms with van der Waals surface area (Å²) in [5.74, 6) is -0.793. The highest BCUT2D eigenvalue weighted by Gasteiger charge is 2.29. The average molecular weight is 392 g/mol. The second-order valence-corrected chi connectivity index (χ2v) is 6.74. The molecule has 0 aliphatic carbocycles. The fourth-order valence-electron chi connectivity index (χ4n) is 2.90. The molecule has 2 N–H and O–H groups in total. The van der Waals surface area contributed by atoms with Gasteiger partial charge >= 0.3 is 0 Å². The number of carbonyl (C=O) groups is 2. The summed E-state index contributed by atoms with van der Waals surface area (Å²) in [4.78, 5) is 36.7. The Balaban J connectivity index is 1.72. The lowest BCUT2D eigenvalue weighted by Crippen LogP contribution is -2.35. The molecular formula is C21H22N5O3+. The molecule has 2 amide bonds. The number of hydrogen-bond acceptors (Lipinski definition) is 5. The van der Waals surface area contributed by atoms with Crippen LogP contribution in [0, 0.1) is 18.8 Å². The van der Waals surface area contributed by atoms with Crippen LogP contribution in [0.1, 0.15) is 28.4 Å². The molecule has 0 radical (unpaired) electrons. The van der Waals surface area contributed by atoms with E-state index in [9.17, 15) is 14.5 Å². The van der Waals surface area contributed by atoms with E-state index in [4.69, 9.17) is 0 Å². The van der Waals surface area contributed by atoms with Gasteiger partial charge in [-0.1, -0.05) is 18.2 Å². The van der Waals surface area contributed by atoms with Crippen LogP contribution in [0.4, 0.5) is 11.4 Å². The van der Waals surface area contributed by atoms with Crippen molar-refractivity contribution in [2.75, 3.05) is 12.1 Å². The minimum absolute atomic E-state index is 0.218. The summed E-state index contributed by atoms with van der Waals surface area (Å²) in [6, 6.07) is 12.1. The Labute approximate surface area is 168 Å². The summed E-state index contributed by atoms with van der Waals surface area (Å²) in [5.41, 5.74) is 9.30. The smallest absolute Gasteiger partial charge is 0.282 e. The number of hydrogen-bond donors (Lipinski definition) is 2. The first kappa shape index (κ1) is 19.9. The van der Waals surface area contributed by atoms with E-state index in [2.05, 4.69) is 16.0 Å². The fourth-order valence-corrected chi connectivity index (χ4v) is 2.90. The van der Waals surface area contributed by atoms with Crippen molar-refractivity contribution in [2.24, 2.45) is 5.10 Å². The van der Waals surface area contributed by atoms with Crippen molar-refractivity contribution in [1.82, 2.24) is 10.9 Å². The van der Waals surface area contributed by atoms with Crippen molar-refractivity contribution in [3.05, 3.63) is 75.8 Å². The molecule has 3 rings (SSSR count). The highest BCUT2D eigenvalue weighted by Crippen LogP contribution is 2.25. The quantitative estimate of drug-likeness (QED) is 0.465. The van der Waals surface area contributed by atoms with Crippen LogP contribution in [-0.2, 0) is 4.79 Å². The Morgan fingerprint density at radius 2 is 1.83 bits per heavy atom. The van der Waals surface area contributed by atoms with Gasteiger partial charge in [0.15, 0.2) is 7.05 Å². The lowest BCUT2D eigenvalue weighted by Gasteiger charge is -2.13. The summed E-state index contributed by atoms with van der Waals surface area (Å²) >= 11 is 0. The maximum absolute atomic E-state index is 12.7. The number of amides is 2. The number of carbonyl (C=O) groups excluding carboxylic acids is 2. The lowest BCUT2D eigenvalue weighted by molar-refractivity contribution is -0.428. The number of anilines is 1. The van der Waals surface area contributed by atoms with Crippen molar-refractivity contribution < 1.29 is 14.3 Å². The number of nitrogens with zero attached hydrogens (tertiary/aromatic N) is 3. The Bertz CT molecular complexity index is 1070. The second-order valence-electron chi connectivity index (χ2n) is 6.74. The van der Waals surface area contributed by atoms with Crippen molar-refractivity contribution >= 4 is 28.9 Å². The third-order valence-electron chi connectivity index (χ3n) is 4.69. The highest BCUT2D eigenvalue weighted by atomic mass is 16.3. The van der Waals surface area contributed by atoms with Gasteiger partial charge in [-0.3, -0.25) is 15.0 Å². The summed E-state index contributed by atoms with van der Waals surface area (Å²) in [7, 11) is 1.32. The van der Waals surface area contributed by atoms with E-state index >= 15 is 0 Å². The van der Waals surface area contributed by atoms with Crippen LogP contribution in [0.25, 0.3) is 0 Å². The average Bonchev–Trinajstić information content (AvgIpc) is 2.98. The fraction of sp³-hybridized carbons (Fsp3) is 0.190. The molecule has 8 nitrogen and oxygen atoms in total. The Kier molecular flexibility index (Phi) is 5.54. The molecule has 0 unspecified atom stereocenters. The van der Waals surface area contributed by atoms with E-state index in [0.29, 0.717) is 21.7 Å². The van der Waals surface area contributed by atoms with Crippen molar-refractivity contribution in [3.63, 3.8) is 0 Å². The van der Waals surface area contributed by atoms with Crippen LogP contribution >= 0.6 is 0 Å². The number of hydrazone groups is 1. The molecule has 0 saturated carbocycles. The Morgan fingerprint density at radius 1 is 1.10 bits per heavy atom. The van der Waals surface area contributed by atoms with E-state index < -0.39 is 5.91 Å². The van der Waals surface area contributed by atoms with Crippen LogP contribution in [-0.4, -0.2) is 29.3 Å². The first-order valence-electron chi connectivity index (χ1n) is 9.03. The summed E-state index contributed by atoms with van der Waals surface area (Å²) in [5, 5.41) is 5.65. The van der Waals surface area contributed by atoms with Crippen LogP contribution in [0.5, 0.6) is 0 Å². The van der Waals surface area contributed by atoms with Gasteiger partial charge in [-0.2, -0.15) is 10.1 Å². The number of aryl methyl sites for hydroxylation is 2. The third kappa shape index (κ3) is 4.06. The predicted octanol–water partition coefficient (Wildman–Crippen LogP) is 2.88. The van der Waals surface area contributed by atoms with E-state index in [0.717, 1.165) is 11.1 Å². The van der Waals surface area contributed by atoms with Crippen LogP contribution in [0.15, 0.2) is 59.3 Å². The molecule has 148 valence electrons. The van der Waals surface area contributed by atoms with Gasteiger partial charge in [-0.05, 0) is 50.1 Å². The molecular weight excluding hydrogens is 370 g/mol. The second kappa shape index (κ2) is 8.05. The van der Waals surface area contributed by atoms with E-state index in [1.54, 1.807) is 31.2 Å². The minimum Gasteiger partial charge on any atom is -0.305 e. The molecule has 0 atom stereocenters. The lowest BCUT2D eigenvalue weighted by atomic mass is 10.1. The molecule has 0 aromatic heterocycles. The molecule has 8 heteroatoms. The predicted molar refractivity (Wildman–Crippen MR) is 111 cm³/mol. The maximum Gasteiger partial charge on any atom is 0.282 e. The van der Waals surface area contributed by atoms with Gasteiger partial charge in [0.25, 0.3) is 17.5 Å². The molecule has 2 aromatic carbocycles. The van der Waals surface area contributed by atoms with Gasteiger partial charge in [0.05, 0.1) is 17.0 Å². The Hall–Kier alpha value is -3.81. The van der Waals surface area contributed by atoms with Crippen LogP contribution in [0.3, 0.4) is 0 Å². The summed E-state index contributed by atoms with van der Waals surface area (Å²) in [6.45, 7) is 5.69. The number of nitroso groups, excluding NO2 is 1. The van der Waals surface area contributed by atoms with Gasteiger partial charge < -0.3 is 5.43 Å². The molecule has 0 saturated heterocycles. The largest absolute Gasteiger partial charge is 0.305 e. The number of rotatable bonds is 5. The number of nitrogens with one attached hydrogen (secondary N) is 2. The van der Waals surface area contributed by atoms with Gasteiger partial charge in [0, 0.05) is 21.9 Å². The van der Waals surface area contributed by atoms with Gasteiger partial charge in [0.2, 0.25) is 0 Å². The van der Waals surface area contributed by atoms with Crippen LogP contribution in [0.2, 0.25) is 0 Å². The number of benzene rings is 2. The first-order valence-corrected chi connectivity index (χ1v) is 9.03. The zero-order chi connectivity index (χ0) is 21.1. The SMILES string of the molecule is CC1=NN(c2ccc(C)c(C)c2)C(=O)/C1=C\NNC(=O)c1ccccc1[N+](C)=O. The monoisotopic (exact) mass is 392 g/mol. The molecule has 0 fully saturated rings. The van der Waals surface area contributed by atoms with Gasteiger partial charge in [-0.15, -0.1) is 0 Å². The van der Waals surface area contributed by atoms with Gasteiger partial charge in [-0.25, -0.2) is 0 Å². The molecule has 0 bridgehead atoms. The first-order chi connectivity index (χ1) is 13.8. The maximum atomic E-state index is 12.7. The molecule has 2 aromatic rings. The highest BCUT2D eigenvalue weighted by molar-refractivity contribution is 6.29. The van der Waals surface area contributed by atoms with Crippen molar-refractivity contribution in [3.8, 4) is 0 Å². The van der Waals surface area contributed by atoms with Crippen LogP contribution < -0.4 is 15.9 Å². The minimum atomic E-state index is -0.494. The van der Waals surface area contributed by atoms with E-state index in [-0.39, 0.29) is 17.2 Å². The zero-order valence-corrected chi connectivity index (χ0v) is 16.7. The normalized spacial score (nSPS) is 14.8. The molecule has 0 spiro atoms. The number of hydrazine groups is 1. The van der Waals surface area contributed by atoms with Crippen molar-refractivity contribution in [2.45, 2.75) is 20.8 Å². The topological polar surface area (TPSA) is 93.9 Å².